The Kier molecular flexibility index (Phi) is 4.81. The van der Waals surface area contributed by atoms with E-state index in [1.807, 2.05) is 0 Å². The van der Waals surface area contributed by atoms with Gasteiger partial charge in [-0.05, 0) is 31.5 Å². The molecule has 0 spiro atoms. The average Bonchev–Trinajstić information content (AvgIpc) is 2.77. The molecule has 2 heterocycles. The topological polar surface area (TPSA) is 24.5 Å². The first-order valence-corrected chi connectivity index (χ1v) is 8.45. The summed E-state index contributed by atoms with van der Waals surface area (Å²) in [5.74, 6) is 2.38. The third-order valence-electron chi connectivity index (χ3n) is 5.12. The van der Waals surface area contributed by atoms with Gasteiger partial charge in [-0.3, -0.25) is 0 Å². The highest BCUT2D eigenvalue weighted by atomic mass is 16.5. The van der Waals surface area contributed by atoms with Crippen LogP contribution in [0.4, 0.5) is 0 Å². The number of rotatable bonds is 4. The van der Waals surface area contributed by atoms with E-state index in [4.69, 9.17) is 4.74 Å². The van der Waals surface area contributed by atoms with Gasteiger partial charge in [0.2, 0.25) is 0 Å². The highest BCUT2D eigenvalue weighted by Gasteiger charge is 2.28. The summed E-state index contributed by atoms with van der Waals surface area (Å²) in [6.07, 6.45) is 2.50. The van der Waals surface area contributed by atoms with Crippen molar-refractivity contribution in [2.45, 2.75) is 38.6 Å². The largest absolute Gasteiger partial charge is 0.493 e. The molecule has 0 amide bonds. The van der Waals surface area contributed by atoms with Gasteiger partial charge in [-0.15, -0.1) is 0 Å². The van der Waals surface area contributed by atoms with Crippen molar-refractivity contribution < 1.29 is 4.74 Å². The molecule has 116 valence electrons. The fourth-order valence-electron chi connectivity index (χ4n) is 3.55. The highest BCUT2D eigenvalue weighted by molar-refractivity contribution is 5.39. The summed E-state index contributed by atoms with van der Waals surface area (Å²) in [5, 5.41) is 3.73. The molecule has 1 aromatic rings. The Morgan fingerprint density at radius 2 is 2.24 bits per heavy atom. The lowest BCUT2D eigenvalue weighted by Crippen LogP contribution is -2.43. The Bertz CT molecular complexity index is 462. The molecule has 1 fully saturated rings. The van der Waals surface area contributed by atoms with Crippen molar-refractivity contribution in [1.29, 1.82) is 0 Å². The molecule has 1 aromatic carbocycles. The number of para-hydroxylation sites is 1. The Labute approximate surface area is 128 Å². The molecular weight excluding hydrogens is 260 g/mol. The van der Waals surface area contributed by atoms with Gasteiger partial charge in [-0.25, -0.2) is 0 Å². The van der Waals surface area contributed by atoms with Crippen molar-refractivity contribution >= 4 is 0 Å². The monoisotopic (exact) mass is 288 g/mol. The summed E-state index contributed by atoms with van der Waals surface area (Å²) in [7, 11) is 0. The van der Waals surface area contributed by atoms with Crippen molar-refractivity contribution in [2.24, 2.45) is 5.92 Å². The van der Waals surface area contributed by atoms with E-state index >= 15 is 0 Å². The summed E-state index contributed by atoms with van der Waals surface area (Å²) in [5.41, 5.74) is 1.40. The molecule has 2 aliphatic heterocycles. The van der Waals surface area contributed by atoms with E-state index in [1.54, 1.807) is 0 Å². The second-order valence-electron chi connectivity index (χ2n) is 6.61. The maximum Gasteiger partial charge on any atom is 0.122 e. The quantitative estimate of drug-likeness (QED) is 0.922. The zero-order valence-corrected chi connectivity index (χ0v) is 13.3. The maximum absolute atomic E-state index is 5.84. The Hall–Kier alpha value is -1.06. The van der Waals surface area contributed by atoms with E-state index in [0.717, 1.165) is 31.4 Å². The predicted octanol–water partition coefficient (Wildman–Crippen LogP) is 2.87. The van der Waals surface area contributed by atoms with E-state index < -0.39 is 0 Å². The van der Waals surface area contributed by atoms with E-state index in [9.17, 15) is 0 Å². The van der Waals surface area contributed by atoms with Crippen LogP contribution in [-0.4, -0.2) is 43.7 Å². The molecule has 3 unspecified atom stereocenters. The van der Waals surface area contributed by atoms with Crippen molar-refractivity contribution in [3.63, 3.8) is 0 Å². The average molecular weight is 288 g/mol. The van der Waals surface area contributed by atoms with Gasteiger partial charge in [0.25, 0.3) is 0 Å². The minimum atomic E-state index is 0.539. The molecule has 3 nitrogen and oxygen atoms in total. The first-order valence-electron chi connectivity index (χ1n) is 8.45. The van der Waals surface area contributed by atoms with Crippen molar-refractivity contribution in [1.82, 2.24) is 10.2 Å². The Morgan fingerprint density at radius 1 is 1.38 bits per heavy atom. The van der Waals surface area contributed by atoms with Gasteiger partial charge in [-0.1, -0.05) is 38.5 Å². The van der Waals surface area contributed by atoms with Gasteiger partial charge >= 0.3 is 0 Å². The molecule has 21 heavy (non-hydrogen) atoms. The first kappa shape index (κ1) is 14.9. The molecule has 0 bridgehead atoms. The molecule has 0 aromatic heterocycles. The summed E-state index contributed by atoms with van der Waals surface area (Å²) in [6, 6.07) is 9.16. The number of nitrogens with one attached hydrogen (secondary N) is 1. The Morgan fingerprint density at radius 3 is 3.10 bits per heavy atom. The molecule has 0 aliphatic carbocycles. The first-order chi connectivity index (χ1) is 10.3. The van der Waals surface area contributed by atoms with Crippen molar-refractivity contribution in [3.8, 4) is 5.75 Å². The lowest BCUT2D eigenvalue weighted by atomic mass is 9.97. The molecule has 2 aliphatic rings. The van der Waals surface area contributed by atoms with Gasteiger partial charge in [0.15, 0.2) is 0 Å². The van der Waals surface area contributed by atoms with Crippen LogP contribution < -0.4 is 10.1 Å². The minimum Gasteiger partial charge on any atom is -0.493 e. The summed E-state index contributed by atoms with van der Waals surface area (Å²) < 4.78 is 5.84. The fourth-order valence-corrected chi connectivity index (χ4v) is 3.55. The molecule has 0 radical (unpaired) electrons. The summed E-state index contributed by atoms with van der Waals surface area (Å²) in [4.78, 5) is 2.65. The van der Waals surface area contributed by atoms with Crippen LogP contribution in [0, 0.1) is 5.92 Å². The Balaban J connectivity index is 1.64. The zero-order valence-electron chi connectivity index (χ0n) is 13.3. The number of fused-ring (bicyclic) bond motifs is 1. The molecule has 0 saturated carbocycles. The van der Waals surface area contributed by atoms with E-state index in [2.05, 4.69) is 48.3 Å². The number of nitrogens with zero attached hydrogens (tertiary/aromatic N) is 1. The number of benzene rings is 1. The third-order valence-corrected chi connectivity index (χ3v) is 5.12. The van der Waals surface area contributed by atoms with Crippen LogP contribution in [0.15, 0.2) is 24.3 Å². The molecule has 3 rings (SSSR count). The van der Waals surface area contributed by atoms with E-state index in [1.165, 1.54) is 31.5 Å². The fraction of sp³-hybridized carbons (Fsp3) is 0.667. The normalized spacial score (nSPS) is 27.7. The van der Waals surface area contributed by atoms with Gasteiger partial charge in [0, 0.05) is 30.6 Å². The van der Waals surface area contributed by atoms with Crippen LogP contribution in [0.25, 0.3) is 0 Å². The van der Waals surface area contributed by atoms with Crippen LogP contribution in [0.1, 0.15) is 38.2 Å². The molecule has 1 N–H and O–H groups in total. The second-order valence-corrected chi connectivity index (χ2v) is 6.61. The lowest BCUT2D eigenvalue weighted by molar-refractivity contribution is 0.211. The van der Waals surface area contributed by atoms with Crippen molar-refractivity contribution in [3.05, 3.63) is 29.8 Å². The SMILES string of the molecule is CCC(C)C1CN(CC2COc3ccccc32)CCCN1. The lowest BCUT2D eigenvalue weighted by Gasteiger charge is -2.29. The number of hydrogen-bond donors (Lipinski definition) is 1. The molecular formula is C18H28N2O. The van der Waals surface area contributed by atoms with Crippen LogP contribution >= 0.6 is 0 Å². The number of ether oxygens (including phenoxy) is 1. The van der Waals surface area contributed by atoms with E-state index in [-0.39, 0.29) is 0 Å². The van der Waals surface area contributed by atoms with Gasteiger partial charge in [-0.2, -0.15) is 0 Å². The number of hydrogen-bond acceptors (Lipinski definition) is 3. The maximum atomic E-state index is 5.84. The molecule has 3 atom stereocenters. The predicted molar refractivity (Wildman–Crippen MR) is 87.0 cm³/mol. The second kappa shape index (κ2) is 6.80. The van der Waals surface area contributed by atoms with Crippen LogP contribution in [0.2, 0.25) is 0 Å². The van der Waals surface area contributed by atoms with E-state index in [0.29, 0.717) is 12.0 Å². The standard InChI is InChI=1S/C18H28N2O/c1-3-14(2)17-12-20(10-6-9-19-17)11-15-13-21-18-8-5-4-7-16(15)18/h4-5,7-8,14-15,17,19H,3,6,9-13H2,1-2H3. The molecule has 3 heteroatoms. The van der Waals surface area contributed by atoms with Gasteiger partial charge in [0.1, 0.15) is 5.75 Å². The zero-order chi connectivity index (χ0) is 14.7. The smallest absolute Gasteiger partial charge is 0.122 e. The minimum absolute atomic E-state index is 0.539. The third kappa shape index (κ3) is 3.41. The highest BCUT2D eigenvalue weighted by Crippen LogP contribution is 2.34. The molecule has 1 saturated heterocycles. The van der Waals surface area contributed by atoms with Gasteiger partial charge in [0.05, 0.1) is 6.61 Å². The van der Waals surface area contributed by atoms with Gasteiger partial charge < -0.3 is 15.0 Å². The van der Waals surface area contributed by atoms with Crippen molar-refractivity contribution in [2.75, 3.05) is 32.8 Å². The van der Waals surface area contributed by atoms with Crippen LogP contribution in [0.5, 0.6) is 5.75 Å². The summed E-state index contributed by atoms with van der Waals surface area (Å²) in [6.45, 7) is 10.2. The van der Waals surface area contributed by atoms with Crippen LogP contribution in [0.3, 0.4) is 0 Å². The summed E-state index contributed by atoms with van der Waals surface area (Å²) >= 11 is 0. The van der Waals surface area contributed by atoms with Crippen LogP contribution in [-0.2, 0) is 0 Å².